The molecule has 0 aliphatic rings. The molecular formula is C15H19F3N2O3. The van der Waals surface area contributed by atoms with E-state index in [4.69, 9.17) is 0 Å². The van der Waals surface area contributed by atoms with Crippen LogP contribution in [0.25, 0.3) is 0 Å². The van der Waals surface area contributed by atoms with Gasteiger partial charge in [0.05, 0.1) is 18.4 Å². The summed E-state index contributed by atoms with van der Waals surface area (Å²) in [5, 5.41) is 4.48. The number of ether oxygens (including phenoxy) is 1. The minimum absolute atomic E-state index is 0.231. The van der Waals surface area contributed by atoms with Crippen LogP contribution in [0.3, 0.4) is 0 Å². The van der Waals surface area contributed by atoms with Crippen molar-refractivity contribution >= 4 is 17.7 Å². The van der Waals surface area contributed by atoms with E-state index in [1.54, 1.807) is 6.92 Å². The van der Waals surface area contributed by atoms with Crippen molar-refractivity contribution in [2.75, 3.05) is 12.4 Å². The van der Waals surface area contributed by atoms with Crippen LogP contribution in [0.1, 0.15) is 25.8 Å². The van der Waals surface area contributed by atoms with Gasteiger partial charge in [-0.25, -0.2) is 9.59 Å². The van der Waals surface area contributed by atoms with Gasteiger partial charge in [-0.05, 0) is 18.1 Å². The number of amides is 2. The largest absolute Gasteiger partial charge is 0.467 e. The zero-order valence-electron chi connectivity index (χ0n) is 13.0. The number of urea groups is 1. The third kappa shape index (κ3) is 5.15. The Morgan fingerprint density at radius 2 is 1.87 bits per heavy atom. The molecule has 1 aromatic carbocycles. The standard InChI is InChI=1S/C15H19F3N2O3/c1-4-9(2)12(13(21)23-3)20-14(22)19-11-8-6-5-7-10(11)15(16,17)18/h5-9,12H,4H2,1-3H3,(H2,19,20,22). The molecule has 0 aliphatic carbocycles. The van der Waals surface area contributed by atoms with Crippen molar-refractivity contribution in [2.24, 2.45) is 5.92 Å². The minimum Gasteiger partial charge on any atom is -0.467 e. The number of carbonyl (C=O) groups excluding carboxylic acids is 2. The highest BCUT2D eigenvalue weighted by molar-refractivity contribution is 5.93. The number of rotatable bonds is 5. The van der Waals surface area contributed by atoms with E-state index in [2.05, 4.69) is 15.4 Å². The summed E-state index contributed by atoms with van der Waals surface area (Å²) >= 11 is 0. The zero-order chi connectivity index (χ0) is 17.6. The van der Waals surface area contributed by atoms with Crippen molar-refractivity contribution in [2.45, 2.75) is 32.5 Å². The molecule has 1 rings (SSSR count). The van der Waals surface area contributed by atoms with Gasteiger partial charge in [-0.15, -0.1) is 0 Å². The third-order valence-corrected chi connectivity index (χ3v) is 3.44. The SMILES string of the molecule is CCC(C)C(NC(=O)Nc1ccccc1C(F)(F)F)C(=O)OC. The number of alkyl halides is 3. The summed E-state index contributed by atoms with van der Waals surface area (Å²) in [5.41, 5.74) is -1.35. The fourth-order valence-electron chi connectivity index (χ4n) is 1.94. The van der Waals surface area contributed by atoms with Crippen LogP contribution in [0.5, 0.6) is 0 Å². The maximum Gasteiger partial charge on any atom is 0.418 e. The van der Waals surface area contributed by atoms with E-state index in [0.717, 1.165) is 12.1 Å². The molecule has 1 aromatic rings. The molecule has 0 spiro atoms. The molecule has 0 fully saturated rings. The van der Waals surface area contributed by atoms with E-state index in [-0.39, 0.29) is 11.6 Å². The molecule has 2 atom stereocenters. The van der Waals surface area contributed by atoms with Gasteiger partial charge in [0.15, 0.2) is 0 Å². The Labute approximate surface area is 132 Å². The second-order valence-electron chi connectivity index (χ2n) is 5.03. The number of anilines is 1. The number of carbonyl (C=O) groups is 2. The molecule has 128 valence electrons. The van der Waals surface area contributed by atoms with Gasteiger partial charge < -0.3 is 15.4 Å². The van der Waals surface area contributed by atoms with Gasteiger partial charge in [0, 0.05) is 0 Å². The fraction of sp³-hybridized carbons (Fsp3) is 0.467. The van der Waals surface area contributed by atoms with Crippen LogP contribution < -0.4 is 10.6 Å². The van der Waals surface area contributed by atoms with Gasteiger partial charge >= 0.3 is 18.2 Å². The lowest BCUT2D eigenvalue weighted by Gasteiger charge is -2.22. The first-order chi connectivity index (χ1) is 10.7. The number of methoxy groups -OCH3 is 1. The summed E-state index contributed by atoms with van der Waals surface area (Å²) in [6.07, 6.45) is -4.01. The fourth-order valence-corrected chi connectivity index (χ4v) is 1.94. The van der Waals surface area contributed by atoms with Crippen molar-refractivity contribution in [3.8, 4) is 0 Å². The number of nitrogens with one attached hydrogen (secondary N) is 2. The first kappa shape index (κ1) is 18.8. The van der Waals surface area contributed by atoms with E-state index in [9.17, 15) is 22.8 Å². The van der Waals surface area contributed by atoms with Gasteiger partial charge in [-0.1, -0.05) is 32.4 Å². The summed E-state index contributed by atoms with van der Waals surface area (Å²) in [4.78, 5) is 23.6. The van der Waals surface area contributed by atoms with Crippen LogP contribution >= 0.6 is 0 Å². The van der Waals surface area contributed by atoms with Gasteiger partial charge in [-0.3, -0.25) is 0 Å². The molecule has 23 heavy (non-hydrogen) atoms. The Morgan fingerprint density at radius 3 is 2.39 bits per heavy atom. The Hall–Kier alpha value is -2.25. The van der Waals surface area contributed by atoms with Crippen LogP contribution in [-0.2, 0) is 15.7 Å². The number of halogens is 3. The molecule has 0 aliphatic heterocycles. The molecule has 0 saturated carbocycles. The molecule has 2 amide bonds. The number of para-hydroxylation sites is 1. The highest BCUT2D eigenvalue weighted by Gasteiger charge is 2.34. The average Bonchev–Trinajstić information content (AvgIpc) is 2.50. The van der Waals surface area contributed by atoms with Crippen LogP contribution in [0.2, 0.25) is 0 Å². The Morgan fingerprint density at radius 1 is 1.26 bits per heavy atom. The Balaban J connectivity index is 2.90. The molecule has 2 unspecified atom stereocenters. The van der Waals surface area contributed by atoms with E-state index < -0.39 is 29.8 Å². The lowest BCUT2D eigenvalue weighted by Crippen LogP contribution is -2.47. The molecule has 0 bridgehead atoms. The second-order valence-corrected chi connectivity index (χ2v) is 5.03. The van der Waals surface area contributed by atoms with E-state index in [1.165, 1.54) is 19.2 Å². The second kappa shape index (κ2) is 7.85. The van der Waals surface area contributed by atoms with Crippen molar-refractivity contribution in [1.82, 2.24) is 5.32 Å². The van der Waals surface area contributed by atoms with E-state index >= 15 is 0 Å². The van der Waals surface area contributed by atoms with Gasteiger partial charge in [0.2, 0.25) is 0 Å². The summed E-state index contributed by atoms with van der Waals surface area (Å²) in [5.74, 6) is -0.885. The molecule has 0 saturated heterocycles. The molecule has 8 heteroatoms. The zero-order valence-corrected chi connectivity index (χ0v) is 13.0. The van der Waals surface area contributed by atoms with Crippen molar-refractivity contribution in [3.05, 3.63) is 29.8 Å². The molecule has 0 aromatic heterocycles. The first-order valence-corrected chi connectivity index (χ1v) is 7.02. The van der Waals surface area contributed by atoms with Crippen molar-refractivity contribution in [3.63, 3.8) is 0 Å². The monoisotopic (exact) mass is 332 g/mol. The van der Waals surface area contributed by atoms with Crippen LogP contribution in [0, 0.1) is 5.92 Å². The average molecular weight is 332 g/mol. The Bertz CT molecular complexity index is 561. The normalized spacial score (nSPS) is 13.8. The smallest absolute Gasteiger partial charge is 0.418 e. The van der Waals surface area contributed by atoms with Crippen molar-refractivity contribution < 1.29 is 27.5 Å². The number of hydrogen-bond donors (Lipinski definition) is 2. The Kier molecular flexibility index (Phi) is 6.41. The number of benzene rings is 1. The molecule has 5 nitrogen and oxygen atoms in total. The minimum atomic E-state index is -4.59. The van der Waals surface area contributed by atoms with E-state index in [1.807, 2.05) is 6.92 Å². The van der Waals surface area contributed by atoms with Gasteiger partial charge in [0.25, 0.3) is 0 Å². The summed E-state index contributed by atoms with van der Waals surface area (Å²) in [6.45, 7) is 3.55. The molecule has 2 N–H and O–H groups in total. The lowest BCUT2D eigenvalue weighted by molar-refractivity contribution is -0.144. The van der Waals surface area contributed by atoms with Crippen LogP contribution in [0.15, 0.2) is 24.3 Å². The highest BCUT2D eigenvalue weighted by Crippen LogP contribution is 2.34. The summed E-state index contributed by atoms with van der Waals surface area (Å²) < 4.78 is 43.2. The predicted molar refractivity (Wildman–Crippen MR) is 78.9 cm³/mol. The van der Waals surface area contributed by atoms with Crippen LogP contribution in [0.4, 0.5) is 23.7 Å². The predicted octanol–water partition coefficient (Wildman–Crippen LogP) is 3.41. The summed E-state index contributed by atoms with van der Waals surface area (Å²) in [6, 6.07) is 2.75. The molecule has 0 radical (unpaired) electrons. The molecular weight excluding hydrogens is 313 g/mol. The topological polar surface area (TPSA) is 67.4 Å². The number of esters is 1. The van der Waals surface area contributed by atoms with Gasteiger partial charge in [0.1, 0.15) is 6.04 Å². The maximum atomic E-state index is 12.9. The first-order valence-electron chi connectivity index (χ1n) is 7.02. The van der Waals surface area contributed by atoms with Crippen LogP contribution in [-0.4, -0.2) is 25.2 Å². The van der Waals surface area contributed by atoms with E-state index in [0.29, 0.717) is 6.42 Å². The maximum absolute atomic E-state index is 12.9. The van der Waals surface area contributed by atoms with Crippen molar-refractivity contribution in [1.29, 1.82) is 0 Å². The summed E-state index contributed by atoms with van der Waals surface area (Å²) in [7, 11) is 1.18. The van der Waals surface area contributed by atoms with Gasteiger partial charge in [-0.2, -0.15) is 13.2 Å². The highest BCUT2D eigenvalue weighted by atomic mass is 19.4. The lowest BCUT2D eigenvalue weighted by atomic mass is 9.99. The third-order valence-electron chi connectivity index (χ3n) is 3.44. The quantitative estimate of drug-likeness (QED) is 0.812. The number of hydrogen-bond acceptors (Lipinski definition) is 3. The molecule has 0 heterocycles.